The van der Waals surface area contributed by atoms with Gasteiger partial charge < -0.3 is 10.2 Å². The van der Waals surface area contributed by atoms with Crippen LogP contribution in [0, 0.1) is 0 Å². The summed E-state index contributed by atoms with van der Waals surface area (Å²) in [5.74, 6) is 0. The molecular formula is C11H14N4O. The Balaban J connectivity index is 2.02. The Bertz CT molecular complexity index is 500. The molecule has 5 heteroatoms. The molecule has 3 rings (SSSR count). The molecule has 0 saturated carbocycles. The van der Waals surface area contributed by atoms with E-state index in [9.17, 15) is 0 Å². The molecule has 2 aromatic rings. The van der Waals surface area contributed by atoms with Crippen LogP contribution in [0.15, 0.2) is 17.0 Å². The van der Waals surface area contributed by atoms with Crippen molar-refractivity contribution in [2.24, 2.45) is 5.73 Å². The number of imidazole rings is 1. The van der Waals surface area contributed by atoms with E-state index in [1.165, 1.54) is 24.2 Å². The van der Waals surface area contributed by atoms with Crippen LogP contribution in [0.3, 0.4) is 0 Å². The number of nitrogens with two attached hydrogens (primary N) is 1. The molecule has 16 heavy (non-hydrogen) atoms. The zero-order valence-electron chi connectivity index (χ0n) is 9.02. The zero-order valence-corrected chi connectivity index (χ0v) is 9.02. The van der Waals surface area contributed by atoms with Crippen LogP contribution in [-0.4, -0.2) is 14.5 Å². The molecule has 0 aliphatic heterocycles. The summed E-state index contributed by atoms with van der Waals surface area (Å²) in [6.45, 7) is 0.403. The Morgan fingerprint density at radius 3 is 3.06 bits per heavy atom. The van der Waals surface area contributed by atoms with Gasteiger partial charge in [-0.05, 0) is 25.7 Å². The van der Waals surface area contributed by atoms with E-state index in [0.717, 1.165) is 18.5 Å². The predicted octanol–water partition coefficient (Wildman–Crippen LogP) is 1.20. The number of rotatable bonds is 2. The first-order valence-electron chi connectivity index (χ1n) is 5.58. The lowest BCUT2D eigenvalue weighted by atomic mass is 10.0. The molecular weight excluding hydrogens is 204 g/mol. The number of oxazole rings is 1. The summed E-state index contributed by atoms with van der Waals surface area (Å²) in [6, 6.07) is 0.580. The molecule has 1 aliphatic carbocycles. The Morgan fingerprint density at radius 2 is 2.25 bits per heavy atom. The molecule has 0 spiro atoms. The number of nitrogens with zero attached hydrogens (tertiary/aromatic N) is 3. The fourth-order valence-electron chi connectivity index (χ4n) is 2.13. The van der Waals surface area contributed by atoms with Crippen LogP contribution in [0.2, 0.25) is 0 Å². The van der Waals surface area contributed by atoms with Crippen molar-refractivity contribution in [1.29, 1.82) is 0 Å². The Morgan fingerprint density at radius 1 is 1.38 bits per heavy atom. The maximum absolute atomic E-state index is 5.51. The molecule has 0 unspecified atom stereocenters. The monoisotopic (exact) mass is 218 g/mol. The highest BCUT2D eigenvalue weighted by molar-refractivity contribution is 5.24. The van der Waals surface area contributed by atoms with Gasteiger partial charge in [-0.2, -0.15) is 4.98 Å². The topological polar surface area (TPSA) is 69.9 Å². The summed E-state index contributed by atoms with van der Waals surface area (Å²) in [4.78, 5) is 8.71. The quantitative estimate of drug-likeness (QED) is 0.822. The fraction of sp³-hybridized carbons (Fsp3) is 0.455. The number of fused-ring (bicyclic) bond motifs is 1. The van der Waals surface area contributed by atoms with Gasteiger partial charge in [-0.25, -0.2) is 4.98 Å². The van der Waals surface area contributed by atoms with E-state index in [1.807, 2.05) is 4.57 Å². The summed E-state index contributed by atoms with van der Waals surface area (Å²) < 4.78 is 7.34. The minimum Gasteiger partial charge on any atom is -0.431 e. The molecule has 0 aromatic carbocycles. The van der Waals surface area contributed by atoms with Crippen molar-refractivity contribution in [2.75, 3.05) is 0 Å². The van der Waals surface area contributed by atoms with Crippen LogP contribution in [-0.2, 0) is 19.4 Å². The summed E-state index contributed by atoms with van der Waals surface area (Å²) in [5.41, 5.74) is 8.69. The first-order chi connectivity index (χ1) is 7.88. The highest BCUT2D eigenvalue weighted by Gasteiger charge is 2.18. The third-order valence-corrected chi connectivity index (χ3v) is 2.98. The maximum atomic E-state index is 5.51. The summed E-state index contributed by atoms with van der Waals surface area (Å²) >= 11 is 0. The Kier molecular flexibility index (Phi) is 2.25. The molecule has 0 saturated heterocycles. The minimum absolute atomic E-state index is 0.403. The maximum Gasteiger partial charge on any atom is 0.307 e. The van der Waals surface area contributed by atoms with Gasteiger partial charge in [0.25, 0.3) is 0 Å². The van der Waals surface area contributed by atoms with Crippen molar-refractivity contribution >= 4 is 0 Å². The standard InChI is InChI=1S/C11H14N4O/c12-5-8-6-16-11(14-8)15-7-13-9-3-1-2-4-10(9)15/h6-7H,1-5,12H2. The average molecular weight is 218 g/mol. The lowest BCUT2D eigenvalue weighted by Crippen LogP contribution is -2.07. The van der Waals surface area contributed by atoms with Gasteiger partial charge in [-0.3, -0.25) is 4.57 Å². The summed E-state index contributed by atoms with van der Waals surface area (Å²) in [7, 11) is 0. The second-order valence-corrected chi connectivity index (χ2v) is 4.04. The van der Waals surface area contributed by atoms with Crippen molar-refractivity contribution in [3.8, 4) is 6.01 Å². The van der Waals surface area contributed by atoms with E-state index in [2.05, 4.69) is 9.97 Å². The van der Waals surface area contributed by atoms with Crippen molar-refractivity contribution in [2.45, 2.75) is 32.2 Å². The molecule has 0 atom stereocenters. The van der Waals surface area contributed by atoms with Gasteiger partial charge in [0.05, 0.1) is 17.1 Å². The molecule has 0 radical (unpaired) electrons. The van der Waals surface area contributed by atoms with Crippen molar-refractivity contribution < 1.29 is 4.42 Å². The zero-order chi connectivity index (χ0) is 11.0. The van der Waals surface area contributed by atoms with E-state index < -0.39 is 0 Å². The van der Waals surface area contributed by atoms with Gasteiger partial charge in [-0.15, -0.1) is 0 Å². The Hall–Kier alpha value is -1.62. The van der Waals surface area contributed by atoms with E-state index in [4.69, 9.17) is 10.2 Å². The predicted molar refractivity (Wildman–Crippen MR) is 58.2 cm³/mol. The van der Waals surface area contributed by atoms with Crippen LogP contribution in [0.1, 0.15) is 29.9 Å². The first kappa shape index (κ1) is 9.59. The van der Waals surface area contributed by atoms with Crippen molar-refractivity contribution in [3.05, 3.63) is 29.7 Å². The van der Waals surface area contributed by atoms with Crippen LogP contribution >= 0.6 is 0 Å². The molecule has 2 aromatic heterocycles. The van der Waals surface area contributed by atoms with Crippen LogP contribution < -0.4 is 5.73 Å². The molecule has 0 bridgehead atoms. The SMILES string of the molecule is NCc1coc(-n2cnc3c2CCCC3)n1. The molecule has 2 heterocycles. The normalized spacial score (nSPS) is 15.1. The van der Waals surface area contributed by atoms with Crippen molar-refractivity contribution in [1.82, 2.24) is 14.5 Å². The molecule has 1 aliphatic rings. The number of hydrogen-bond acceptors (Lipinski definition) is 4. The van der Waals surface area contributed by atoms with Gasteiger partial charge in [0.1, 0.15) is 12.6 Å². The third-order valence-electron chi connectivity index (χ3n) is 2.98. The van der Waals surface area contributed by atoms with Gasteiger partial charge in [-0.1, -0.05) is 0 Å². The van der Waals surface area contributed by atoms with Crippen LogP contribution in [0.4, 0.5) is 0 Å². The minimum atomic E-state index is 0.403. The van der Waals surface area contributed by atoms with Gasteiger partial charge in [0.15, 0.2) is 0 Å². The Labute approximate surface area is 93.3 Å². The highest BCUT2D eigenvalue weighted by atomic mass is 16.4. The lowest BCUT2D eigenvalue weighted by molar-refractivity contribution is 0.516. The van der Waals surface area contributed by atoms with E-state index >= 15 is 0 Å². The second kappa shape index (κ2) is 3.75. The molecule has 5 nitrogen and oxygen atoms in total. The van der Waals surface area contributed by atoms with E-state index in [-0.39, 0.29) is 0 Å². The number of hydrogen-bond donors (Lipinski definition) is 1. The largest absolute Gasteiger partial charge is 0.431 e. The molecule has 0 amide bonds. The van der Waals surface area contributed by atoms with Crippen LogP contribution in [0.5, 0.6) is 0 Å². The van der Waals surface area contributed by atoms with Crippen molar-refractivity contribution in [3.63, 3.8) is 0 Å². The fourth-order valence-corrected chi connectivity index (χ4v) is 2.13. The number of aromatic nitrogens is 3. The smallest absolute Gasteiger partial charge is 0.307 e. The highest BCUT2D eigenvalue weighted by Crippen LogP contribution is 2.22. The first-order valence-corrected chi connectivity index (χ1v) is 5.58. The average Bonchev–Trinajstić information content (AvgIpc) is 2.94. The molecule has 0 fully saturated rings. The lowest BCUT2D eigenvalue weighted by Gasteiger charge is -2.11. The number of aryl methyl sites for hydroxylation is 1. The van der Waals surface area contributed by atoms with Gasteiger partial charge in [0, 0.05) is 6.54 Å². The van der Waals surface area contributed by atoms with Crippen LogP contribution in [0.25, 0.3) is 6.01 Å². The summed E-state index contributed by atoms with van der Waals surface area (Å²) in [6.07, 6.45) is 7.95. The summed E-state index contributed by atoms with van der Waals surface area (Å²) in [5, 5.41) is 0. The third kappa shape index (κ3) is 1.44. The molecule has 2 N–H and O–H groups in total. The van der Waals surface area contributed by atoms with Gasteiger partial charge >= 0.3 is 6.01 Å². The van der Waals surface area contributed by atoms with E-state index in [1.54, 1.807) is 12.6 Å². The van der Waals surface area contributed by atoms with E-state index in [0.29, 0.717) is 12.6 Å². The molecule has 84 valence electrons. The van der Waals surface area contributed by atoms with Gasteiger partial charge in [0.2, 0.25) is 0 Å². The second-order valence-electron chi connectivity index (χ2n) is 4.04.